The Morgan fingerprint density at radius 2 is 1.92 bits per heavy atom. The van der Waals surface area contributed by atoms with E-state index in [0.717, 1.165) is 26.7 Å². The van der Waals surface area contributed by atoms with Gasteiger partial charge in [-0.25, -0.2) is 4.98 Å². The number of rotatable bonds is 2. The van der Waals surface area contributed by atoms with Gasteiger partial charge in [-0.1, -0.05) is 51.3 Å². The average Bonchev–Trinajstić information content (AvgIpc) is 2.56. The molecular weight excluding hydrogens is 421 g/mol. The Bertz CT molecular complexity index is 1030. The molecule has 0 unspecified atom stereocenters. The van der Waals surface area contributed by atoms with E-state index in [9.17, 15) is 5.26 Å². The molecule has 124 valence electrons. The molecule has 0 saturated carbocycles. The zero-order chi connectivity index (χ0) is 18.1. The summed E-state index contributed by atoms with van der Waals surface area (Å²) in [5.41, 5.74) is 10.2. The van der Waals surface area contributed by atoms with E-state index in [1.54, 1.807) is 18.2 Å². The predicted octanol–water partition coefficient (Wildman–Crippen LogP) is 6.25. The van der Waals surface area contributed by atoms with Gasteiger partial charge in [0.15, 0.2) is 0 Å². The fraction of sp³-hybridized carbons (Fsp3) is 0.0526. The van der Waals surface area contributed by atoms with Gasteiger partial charge in [0.05, 0.1) is 10.7 Å². The summed E-state index contributed by atoms with van der Waals surface area (Å²) >= 11 is 15.8. The third-order valence-corrected chi connectivity index (χ3v) is 4.92. The maximum atomic E-state index is 9.58. The maximum absolute atomic E-state index is 9.58. The zero-order valence-corrected chi connectivity index (χ0v) is 16.2. The number of nitrogens with two attached hydrogens (primary N) is 1. The van der Waals surface area contributed by atoms with Crippen molar-refractivity contribution in [2.75, 3.05) is 5.73 Å². The van der Waals surface area contributed by atoms with E-state index in [2.05, 4.69) is 27.0 Å². The lowest BCUT2D eigenvalue weighted by Crippen LogP contribution is -2.03. The number of nitriles is 1. The molecule has 0 saturated heterocycles. The van der Waals surface area contributed by atoms with Crippen molar-refractivity contribution in [3.63, 3.8) is 0 Å². The lowest BCUT2D eigenvalue weighted by atomic mass is 9.93. The number of halogens is 3. The predicted molar refractivity (Wildman–Crippen MR) is 107 cm³/mol. The van der Waals surface area contributed by atoms with Crippen LogP contribution in [-0.2, 0) is 0 Å². The van der Waals surface area contributed by atoms with Gasteiger partial charge in [-0.2, -0.15) is 5.26 Å². The maximum Gasteiger partial charge on any atom is 0.142 e. The summed E-state index contributed by atoms with van der Waals surface area (Å²) in [5, 5.41) is 10.6. The van der Waals surface area contributed by atoms with Crippen LogP contribution >= 0.6 is 39.1 Å². The van der Waals surface area contributed by atoms with E-state index in [4.69, 9.17) is 28.9 Å². The number of benzene rings is 2. The monoisotopic (exact) mass is 431 g/mol. The Hall–Kier alpha value is -2.06. The van der Waals surface area contributed by atoms with Crippen molar-refractivity contribution in [2.24, 2.45) is 0 Å². The molecule has 0 aliphatic rings. The van der Waals surface area contributed by atoms with E-state index in [1.165, 1.54) is 0 Å². The van der Waals surface area contributed by atoms with E-state index in [0.29, 0.717) is 21.3 Å². The van der Waals surface area contributed by atoms with Crippen molar-refractivity contribution in [1.82, 2.24) is 4.98 Å². The number of nitrogens with zero attached hydrogens (tertiary/aromatic N) is 2. The summed E-state index contributed by atoms with van der Waals surface area (Å²) in [6.45, 7) is 1.91. The number of pyridine rings is 1. The highest BCUT2D eigenvalue weighted by Gasteiger charge is 2.19. The first kappa shape index (κ1) is 17.8. The van der Waals surface area contributed by atoms with Gasteiger partial charge in [0, 0.05) is 20.6 Å². The van der Waals surface area contributed by atoms with Crippen LogP contribution in [0.1, 0.15) is 11.1 Å². The number of hydrogen-bond donors (Lipinski definition) is 1. The molecule has 1 heterocycles. The summed E-state index contributed by atoms with van der Waals surface area (Å²) in [6.07, 6.45) is 0. The minimum Gasteiger partial charge on any atom is -0.383 e. The van der Waals surface area contributed by atoms with Gasteiger partial charge >= 0.3 is 0 Å². The van der Waals surface area contributed by atoms with Gasteiger partial charge in [-0.05, 0) is 48.4 Å². The second kappa shape index (κ2) is 7.05. The first-order valence-corrected chi connectivity index (χ1v) is 8.88. The molecule has 2 aromatic carbocycles. The Labute approximate surface area is 164 Å². The molecule has 3 aromatic rings. The highest BCUT2D eigenvalue weighted by molar-refractivity contribution is 9.10. The summed E-state index contributed by atoms with van der Waals surface area (Å²) < 4.78 is 0.912. The molecule has 0 aliphatic heterocycles. The Morgan fingerprint density at radius 1 is 1.16 bits per heavy atom. The molecule has 3 nitrogen and oxygen atoms in total. The van der Waals surface area contributed by atoms with Crippen molar-refractivity contribution in [3.8, 4) is 28.5 Å². The lowest BCUT2D eigenvalue weighted by Gasteiger charge is -2.16. The van der Waals surface area contributed by atoms with Crippen molar-refractivity contribution < 1.29 is 0 Å². The number of anilines is 1. The van der Waals surface area contributed by atoms with Crippen LogP contribution in [0.15, 0.2) is 46.9 Å². The fourth-order valence-electron chi connectivity index (χ4n) is 2.76. The van der Waals surface area contributed by atoms with Crippen molar-refractivity contribution >= 4 is 44.9 Å². The first-order valence-electron chi connectivity index (χ1n) is 7.34. The molecule has 0 atom stereocenters. The lowest BCUT2D eigenvalue weighted by molar-refractivity contribution is 1.26. The average molecular weight is 433 g/mol. The SMILES string of the molecule is Cc1c(-c2ccc(Cl)cc2Cl)nc(N)c(C#N)c1-c1cccc(Br)c1. The van der Waals surface area contributed by atoms with Gasteiger partial charge in [0.2, 0.25) is 0 Å². The van der Waals surface area contributed by atoms with E-state index in [1.807, 2.05) is 31.2 Å². The minimum atomic E-state index is 0.170. The summed E-state index contributed by atoms with van der Waals surface area (Å²) in [5.74, 6) is 0.170. The standard InChI is InChI=1S/C19H12BrCl2N3/c1-10-17(11-3-2-4-12(20)7-11)15(9-23)19(24)25-18(10)14-6-5-13(21)8-16(14)22/h2-8H,1H3,(H2,24,25). The minimum absolute atomic E-state index is 0.170. The molecule has 3 rings (SSSR count). The molecule has 0 aliphatic carbocycles. The highest BCUT2D eigenvalue weighted by atomic mass is 79.9. The third kappa shape index (κ3) is 3.36. The fourth-order valence-corrected chi connectivity index (χ4v) is 3.65. The van der Waals surface area contributed by atoms with Crippen molar-refractivity contribution in [3.05, 3.63) is 68.1 Å². The number of hydrogen-bond acceptors (Lipinski definition) is 3. The van der Waals surface area contributed by atoms with Crippen LogP contribution in [0.25, 0.3) is 22.4 Å². The Kier molecular flexibility index (Phi) is 5.01. The van der Waals surface area contributed by atoms with Crippen LogP contribution < -0.4 is 5.73 Å². The van der Waals surface area contributed by atoms with Crippen molar-refractivity contribution in [2.45, 2.75) is 6.92 Å². The van der Waals surface area contributed by atoms with Crippen LogP contribution in [-0.4, -0.2) is 4.98 Å². The number of aromatic nitrogens is 1. The molecule has 0 bridgehead atoms. The van der Waals surface area contributed by atoms with Gasteiger partial charge in [0.1, 0.15) is 17.5 Å². The molecule has 0 radical (unpaired) electrons. The molecule has 2 N–H and O–H groups in total. The summed E-state index contributed by atoms with van der Waals surface area (Å²) in [4.78, 5) is 4.43. The molecule has 0 spiro atoms. The van der Waals surface area contributed by atoms with Crippen LogP contribution in [0.3, 0.4) is 0 Å². The van der Waals surface area contributed by atoms with Crippen LogP contribution in [0.4, 0.5) is 5.82 Å². The summed E-state index contributed by atoms with van der Waals surface area (Å²) in [7, 11) is 0. The van der Waals surface area contributed by atoms with Gasteiger partial charge in [-0.15, -0.1) is 0 Å². The van der Waals surface area contributed by atoms with Gasteiger partial charge < -0.3 is 5.73 Å². The van der Waals surface area contributed by atoms with Crippen LogP contribution in [0, 0.1) is 18.3 Å². The molecule has 0 amide bonds. The molecule has 6 heteroatoms. The molecular formula is C19H12BrCl2N3. The van der Waals surface area contributed by atoms with E-state index in [-0.39, 0.29) is 5.82 Å². The quantitative estimate of drug-likeness (QED) is 0.520. The molecule has 1 aromatic heterocycles. The second-order valence-corrected chi connectivity index (χ2v) is 7.23. The van der Waals surface area contributed by atoms with Crippen LogP contribution in [0.2, 0.25) is 10.0 Å². The summed E-state index contributed by atoms with van der Waals surface area (Å²) in [6, 6.07) is 15.1. The first-order chi connectivity index (χ1) is 11.9. The van der Waals surface area contributed by atoms with E-state index >= 15 is 0 Å². The largest absolute Gasteiger partial charge is 0.383 e. The van der Waals surface area contributed by atoms with Gasteiger partial charge in [-0.3, -0.25) is 0 Å². The second-order valence-electron chi connectivity index (χ2n) is 5.47. The van der Waals surface area contributed by atoms with Crippen LogP contribution in [0.5, 0.6) is 0 Å². The normalized spacial score (nSPS) is 10.5. The smallest absolute Gasteiger partial charge is 0.142 e. The van der Waals surface area contributed by atoms with Gasteiger partial charge in [0.25, 0.3) is 0 Å². The number of nitrogen functional groups attached to an aromatic ring is 1. The van der Waals surface area contributed by atoms with E-state index < -0.39 is 0 Å². The highest BCUT2D eigenvalue weighted by Crippen LogP contribution is 2.39. The molecule has 25 heavy (non-hydrogen) atoms. The van der Waals surface area contributed by atoms with Crippen molar-refractivity contribution in [1.29, 1.82) is 5.26 Å². The Balaban J connectivity index is 2.35. The zero-order valence-electron chi connectivity index (χ0n) is 13.1. The Morgan fingerprint density at radius 3 is 2.56 bits per heavy atom. The third-order valence-electron chi connectivity index (χ3n) is 3.88. The topological polar surface area (TPSA) is 62.7 Å². The molecule has 0 fully saturated rings.